The van der Waals surface area contributed by atoms with Crippen molar-refractivity contribution in [1.29, 1.82) is 0 Å². The summed E-state index contributed by atoms with van der Waals surface area (Å²) in [6.45, 7) is 4.42. The third-order valence-electron chi connectivity index (χ3n) is 4.37. The van der Waals surface area contributed by atoms with Crippen LogP contribution in [0.25, 0.3) is 0 Å². The number of hydrogen-bond donors (Lipinski definition) is 2. The minimum Gasteiger partial charge on any atom is -0.397 e. The quantitative estimate of drug-likeness (QED) is 0.833. The van der Waals surface area contributed by atoms with Gasteiger partial charge in [-0.3, -0.25) is 4.79 Å². The fourth-order valence-corrected chi connectivity index (χ4v) is 3.18. The highest BCUT2D eigenvalue weighted by Gasteiger charge is 2.32. The van der Waals surface area contributed by atoms with Crippen LogP contribution in [-0.2, 0) is 0 Å². The first-order valence-electron chi connectivity index (χ1n) is 6.89. The van der Waals surface area contributed by atoms with Gasteiger partial charge in [0.2, 0.25) is 0 Å². The number of amides is 1. The van der Waals surface area contributed by atoms with Gasteiger partial charge in [-0.1, -0.05) is 37.9 Å². The highest BCUT2D eigenvalue weighted by molar-refractivity contribution is 6.33. The number of nitrogen functional groups attached to an aromatic ring is 1. The largest absolute Gasteiger partial charge is 0.397 e. The van der Waals surface area contributed by atoms with Crippen LogP contribution in [0.1, 0.15) is 43.5 Å². The summed E-state index contributed by atoms with van der Waals surface area (Å²) < 4.78 is 0. The zero-order chi connectivity index (χ0) is 14.0. The molecule has 2 rings (SSSR count). The summed E-state index contributed by atoms with van der Waals surface area (Å²) in [5.41, 5.74) is 6.69. The molecule has 1 aliphatic carbocycles. The van der Waals surface area contributed by atoms with E-state index in [1.165, 1.54) is 12.8 Å². The van der Waals surface area contributed by atoms with Gasteiger partial charge in [0, 0.05) is 6.04 Å². The van der Waals surface area contributed by atoms with Crippen molar-refractivity contribution < 1.29 is 4.79 Å². The van der Waals surface area contributed by atoms with E-state index >= 15 is 0 Å². The SMILES string of the molecule is CCC1CCC(NC(=O)c2cccc(Cl)c2N)C1C. The van der Waals surface area contributed by atoms with Crippen molar-refractivity contribution in [2.75, 3.05) is 5.73 Å². The lowest BCUT2D eigenvalue weighted by Crippen LogP contribution is -2.37. The third kappa shape index (κ3) is 2.86. The average molecular weight is 281 g/mol. The standard InChI is InChI=1S/C15H21ClN2O/c1-3-10-7-8-13(9(10)2)18-15(19)11-5-4-6-12(16)14(11)17/h4-6,9-10,13H,3,7-8,17H2,1-2H3,(H,18,19). The minimum atomic E-state index is -0.117. The summed E-state index contributed by atoms with van der Waals surface area (Å²) in [4.78, 5) is 12.3. The maximum Gasteiger partial charge on any atom is 0.253 e. The van der Waals surface area contributed by atoms with Gasteiger partial charge in [0.25, 0.3) is 5.91 Å². The molecule has 19 heavy (non-hydrogen) atoms. The second-order valence-electron chi connectivity index (χ2n) is 5.39. The lowest BCUT2D eigenvalue weighted by atomic mass is 9.93. The van der Waals surface area contributed by atoms with E-state index in [1.54, 1.807) is 18.2 Å². The van der Waals surface area contributed by atoms with Crippen molar-refractivity contribution in [2.24, 2.45) is 11.8 Å². The van der Waals surface area contributed by atoms with Gasteiger partial charge in [0.15, 0.2) is 0 Å². The van der Waals surface area contributed by atoms with E-state index in [0.29, 0.717) is 28.1 Å². The van der Waals surface area contributed by atoms with Gasteiger partial charge in [-0.15, -0.1) is 0 Å². The third-order valence-corrected chi connectivity index (χ3v) is 4.69. The van der Waals surface area contributed by atoms with Gasteiger partial charge < -0.3 is 11.1 Å². The minimum absolute atomic E-state index is 0.117. The Kier molecular flexibility index (Phi) is 4.35. The number of hydrogen-bond acceptors (Lipinski definition) is 2. The number of rotatable bonds is 3. The molecular formula is C15H21ClN2O. The first-order valence-corrected chi connectivity index (χ1v) is 7.27. The molecule has 0 saturated heterocycles. The van der Waals surface area contributed by atoms with Crippen molar-refractivity contribution >= 4 is 23.2 Å². The molecule has 3 unspecified atom stereocenters. The van der Waals surface area contributed by atoms with E-state index in [4.69, 9.17) is 17.3 Å². The molecule has 4 heteroatoms. The Bertz CT molecular complexity index is 475. The van der Waals surface area contributed by atoms with Crippen LogP contribution in [0.3, 0.4) is 0 Å². The fraction of sp³-hybridized carbons (Fsp3) is 0.533. The molecule has 0 spiro atoms. The van der Waals surface area contributed by atoms with Crippen LogP contribution in [0, 0.1) is 11.8 Å². The predicted molar refractivity (Wildman–Crippen MR) is 79.3 cm³/mol. The number of nitrogens with two attached hydrogens (primary N) is 1. The molecule has 1 aliphatic rings. The molecule has 1 aromatic rings. The molecule has 0 radical (unpaired) electrons. The van der Waals surface area contributed by atoms with Crippen molar-refractivity contribution in [1.82, 2.24) is 5.32 Å². The maximum atomic E-state index is 12.3. The maximum absolute atomic E-state index is 12.3. The Morgan fingerprint density at radius 2 is 2.21 bits per heavy atom. The van der Waals surface area contributed by atoms with E-state index in [0.717, 1.165) is 6.42 Å². The van der Waals surface area contributed by atoms with E-state index in [-0.39, 0.29) is 11.9 Å². The zero-order valence-corrected chi connectivity index (χ0v) is 12.2. The Balaban J connectivity index is 2.08. The topological polar surface area (TPSA) is 55.1 Å². The summed E-state index contributed by atoms with van der Waals surface area (Å²) in [6.07, 6.45) is 3.41. The van der Waals surface area contributed by atoms with Crippen LogP contribution in [0.4, 0.5) is 5.69 Å². The monoisotopic (exact) mass is 280 g/mol. The number of carbonyl (C=O) groups excluding carboxylic acids is 1. The van der Waals surface area contributed by atoms with Crippen LogP contribution in [-0.4, -0.2) is 11.9 Å². The Labute approximate surface area is 119 Å². The first-order chi connectivity index (χ1) is 9.04. The fourth-order valence-electron chi connectivity index (χ4n) is 3.01. The van der Waals surface area contributed by atoms with E-state index in [2.05, 4.69) is 19.2 Å². The molecule has 1 fully saturated rings. The second-order valence-corrected chi connectivity index (χ2v) is 5.79. The van der Waals surface area contributed by atoms with Crippen LogP contribution >= 0.6 is 11.6 Å². The summed E-state index contributed by atoms with van der Waals surface area (Å²) in [5, 5.41) is 3.53. The van der Waals surface area contributed by atoms with E-state index in [1.807, 2.05) is 0 Å². The predicted octanol–water partition coefficient (Wildman–Crippen LogP) is 3.48. The Hall–Kier alpha value is -1.22. The molecule has 0 bridgehead atoms. The summed E-state index contributed by atoms with van der Waals surface area (Å²) >= 11 is 5.94. The number of para-hydroxylation sites is 1. The zero-order valence-electron chi connectivity index (χ0n) is 11.4. The highest BCUT2D eigenvalue weighted by atomic mass is 35.5. The number of anilines is 1. The normalized spacial score (nSPS) is 26.4. The van der Waals surface area contributed by atoms with E-state index < -0.39 is 0 Å². The highest BCUT2D eigenvalue weighted by Crippen LogP contribution is 2.34. The van der Waals surface area contributed by atoms with Crippen LogP contribution in [0.5, 0.6) is 0 Å². The van der Waals surface area contributed by atoms with E-state index in [9.17, 15) is 4.79 Å². The molecule has 0 aliphatic heterocycles. The number of benzene rings is 1. The molecular weight excluding hydrogens is 260 g/mol. The first kappa shape index (κ1) is 14.2. The lowest BCUT2D eigenvalue weighted by Gasteiger charge is -2.21. The average Bonchev–Trinajstić information content (AvgIpc) is 2.73. The molecule has 0 heterocycles. The molecule has 104 valence electrons. The van der Waals surface area contributed by atoms with Gasteiger partial charge in [0.05, 0.1) is 16.3 Å². The van der Waals surface area contributed by atoms with Gasteiger partial charge in [-0.05, 0) is 36.8 Å². The second kappa shape index (κ2) is 5.83. The molecule has 0 aromatic heterocycles. The van der Waals surface area contributed by atoms with Gasteiger partial charge >= 0.3 is 0 Å². The molecule has 3 atom stereocenters. The summed E-state index contributed by atoms with van der Waals surface area (Å²) in [7, 11) is 0. The Morgan fingerprint density at radius 1 is 1.47 bits per heavy atom. The smallest absolute Gasteiger partial charge is 0.253 e. The Morgan fingerprint density at radius 3 is 2.84 bits per heavy atom. The molecule has 3 nitrogen and oxygen atoms in total. The lowest BCUT2D eigenvalue weighted by molar-refractivity contribution is 0.0927. The number of carbonyl (C=O) groups is 1. The van der Waals surface area contributed by atoms with Gasteiger partial charge in [-0.2, -0.15) is 0 Å². The number of halogens is 1. The van der Waals surface area contributed by atoms with Gasteiger partial charge in [0.1, 0.15) is 0 Å². The van der Waals surface area contributed by atoms with Crippen molar-refractivity contribution in [2.45, 2.75) is 39.2 Å². The molecule has 3 N–H and O–H groups in total. The molecule has 1 amide bonds. The van der Waals surface area contributed by atoms with Crippen LogP contribution in [0.2, 0.25) is 5.02 Å². The van der Waals surface area contributed by atoms with Crippen molar-refractivity contribution in [3.8, 4) is 0 Å². The van der Waals surface area contributed by atoms with Crippen LogP contribution in [0.15, 0.2) is 18.2 Å². The van der Waals surface area contributed by atoms with Crippen molar-refractivity contribution in [3.63, 3.8) is 0 Å². The van der Waals surface area contributed by atoms with Crippen LogP contribution < -0.4 is 11.1 Å². The molecule has 1 saturated carbocycles. The van der Waals surface area contributed by atoms with Gasteiger partial charge in [-0.25, -0.2) is 0 Å². The summed E-state index contributed by atoms with van der Waals surface area (Å²) in [6, 6.07) is 5.41. The summed E-state index contributed by atoms with van der Waals surface area (Å²) in [5.74, 6) is 1.12. The van der Waals surface area contributed by atoms with Crippen molar-refractivity contribution in [3.05, 3.63) is 28.8 Å². The number of nitrogens with one attached hydrogen (secondary N) is 1. The molecule has 1 aromatic carbocycles.